The molecule has 4 heteroatoms. The second kappa shape index (κ2) is 5.08. The van der Waals surface area contributed by atoms with Crippen LogP contribution in [0.2, 0.25) is 0 Å². The van der Waals surface area contributed by atoms with Gasteiger partial charge in [-0.2, -0.15) is 11.8 Å². The highest BCUT2D eigenvalue weighted by molar-refractivity contribution is 7.98. The number of hydrogen-bond donors (Lipinski definition) is 1. The van der Waals surface area contributed by atoms with Gasteiger partial charge in [-0.15, -0.1) is 0 Å². The summed E-state index contributed by atoms with van der Waals surface area (Å²) in [6.45, 7) is 2.88. The number of nitrogens with zero attached hydrogens (tertiary/aromatic N) is 1. The van der Waals surface area contributed by atoms with E-state index in [1.165, 1.54) is 12.1 Å². The van der Waals surface area contributed by atoms with Crippen LogP contribution in [-0.2, 0) is 6.54 Å². The maximum absolute atomic E-state index is 13.2. The van der Waals surface area contributed by atoms with Crippen molar-refractivity contribution in [2.45, 2.75) is 25.9 Å². The van der Waals surface area contributed by atoms with E-state index in [-0.39, 0.29) is 5.82 Å². The number of hydrogen-bond acceptors (Lipinski definition) is 2. The number of rotatable bonds is 4. The molecule has 92 valence electrons. The van der Waals surface area contributed by atoms with Gasteiger partial charge in [0, 0.05) is 23.9 Å². The van der Waals surface area contributed by atoms with Gasteiger partial charge in [-0.3, -0.25) is 5.41 Å². The maximum Gasteiger partial charge on any atom is 0.129 e. The van der Waals surface area contributed by atoms with E-state index < -0.39 is 0 Å². The van der Waals surface area contributed by atoms with Crippen molar-refractivity contribution in [1.82, 2.24) is 4.90 Å². The van der Waals surface area contributed by atoms with Crippen molar-refractivity contribution >= 4 is 17.6 Å². The molecule has 1 atom stereocenters. The van der Waals surface area contributed by atoms with Crippen molar-refractivity contribution in [3.8, 4) is 0 Å². The smallest absolute Gasteiger partial charge is 0.129 e. The number of nitrogens with one attached hydrogen (secondary N) is 1. The Balaban J connectivity index is 2.24. The van der Waals surface area contributed by atoms with Crippen LogP contribution in [0.1, 0.15) is 24.5 Å². The van der Waals surface area contributed by atoms with Crippen molar-refractivity contribution in [3.05, 3.63) is 35.1 Å². The summed E-state index contributed by atoms with van der Waals surface area (Å²) in [4.78, 5) is 2.08. The number of amidine groups is 1. The lowest BCUT2D eigenvalue weighted by Gasteiger charge is -2.27. The van der Waals surface area contributed by atoms with Crippen LogP contribution in [-0.4, -0.2) is 28.8 Å². The van der Waals surface area contributed by atoms with Gasteiger partial charge in [-0.1, -0.05) is 13.0 Å². The summed E-state index contributed by atoms with van der Waals surface area (Å²) in [6.07, 6.45) is 3.09. The minimum absolute atomic E-state index is 0.256. The zero-order chi connectivity index (χ0) is 12.4. The fourth-order valence-corrected chi connectivity index (χ4v) is 3.06. The van der Waals surface area contributed by atoms with Crippen LogP contribution in [0.15, 0.2) is 18.2 Å². The molecule has 2 rings (SSSR count). The van der Waals surface area contributed by atoms with Crippen LogP contribution >= 0.6 is 11.8 Å². The molecule has 0 aliphatic carbocycles. The lowest BCUT2D eigenvalue weighted by atomic mass is 10.1. The third-order valence-corrected chi connectivity index (χ3v) is 3.94. The molecule has 0 fully saturated rings. The van der Waals surface area contributed by atoms with Crippen LogP contribution in [0.25, 0.3) is 0 Å². The summed E-state index contributed by atoms with van der Waals surface area (Å²) in [5.74, 6) is 1.23. The summed E-state index contributed by atoms with van der Waals surface area (Å²) in [7, 11) is 0. The van der Waals surface area contributed by atoms with Crippen molar-refractivity contribution in [3.63, 3.8) is 0 Å². The first-order valence-corrected chi connectivity index (χ1v) is 7.19. The fraction of sp³-hybridized carbons (Fsp3) is 0.462. The molecule has 0 amide bonds. The number of fused-ring (bicyclic) bond motifs is 1. The Morgan fingerprint density at radius 1 is 1.53 bits per heavy atom. The van der Waals surface area contributed by atoms with E-state index in [0.717, 1.165) is 29.8 Å². The van der Waals surface area contributed by atoms with Crippen LogP contribution in [0.4, 0.5) is 4.39 Å². The molecule has 0 bridgehead atoms. The average molecular weight is 252 g/mol. The first-order valence-electron chi connectivity index (χ1n) is 5.80. The zero-order valence-corrected chi connectivity index (χ0v) is 11.0. The largest absolute Gasteiger partial charge is 0.348 e. The van der Waals surface area contributed by atoms with Gasteiger partial charge in [0.25, 0.3) is 0 Å². The van der Waals surface area contributed by atoms with Crippen LogP contribution in [0, 0.1) is 11.2 Å². The molecule has 0 saturated carbocycles. The summed E-state index contributed by atoms with van der Waals surface area (Å²) in [5.41, 5.74) is 1.82. The molecule has 1 heterocycles. The normalized spacial score (nSPS) is 16.2. The molecule has 2 nitrogen and oxygen atoms in total. The summed E-state index contributed by atoms with van der Waals surface area (Å²) < 4.78 is 13.2. The van der Waals surface area contributed by atoms with Gasteiger partial charge in [0.2, 0.25) is 0 Å². The Kier molecular flexibility index (Phi) is 3.72. The van der Waals surface area contributed by atoms with Crippen molar-refractivity contribution < 1.29 is 4.39 Å². The lowest BCUT2D eigenvalue weighted by Crippen LogP contribution is -2.36. The maximum atomic E-state index is 13.2. The van der Waals surface area contributed by atoms with Gasteiger partial charge in [0.15, 0.2) is 0 Å². The fourth-order valence-electron chi connectivity index (χ4n) is 2.26. The SMILES string of the molecule is CCC(CSC)N1Cc2ccc(F)cc2C1=N. The predicted octanol–water partition coefficient (Wildman–Crippen LogP) is 3.11. The molecule has 0 aromatic heterocycles. The molecular weight excluding hydrogens is 235 g/mol. The quantitative estimate of drug-likeness (QED) is 0.891. The summed E-state index contributed by atoms with van der Waals surface area (Å²) >= 11 is 1.79. The van der Waals surface area contributed by atoms with Gasteiger partial charge in [-0.25, -0.2) is 4.39 Å². The highest BCUT2D eigenvalue weighted by Gasteiger charge is 2.28. The minimum Gasteiger partial charge on any atom is -0.348 e. The average Bonchev–Trinajstić information content (AvgIpc) is 2.64. The zero-order valence-electron chi connectivity index (χ0n) is 10.2. The monoisotopic (exact) mass is 252 g/mol. The van der Waals surface area contributed by atoms with E-state index in [0.29, 0.717) is 11.9 Å². The van der Waals surface area contributed by atoms with Crippen LogP contribution < -0.4 is 0 Å². The number of thioether (sulfide) groups is 1. The Morgan fingerprint density at radius 2 is 2.29 bits per heavy atom. The van der Waals surface area contributed by atoms with Gasteiger partial charge in [0.05, 0.1) is 0 Å². The molecule has 0 radical (unpaired) electrons. The van der Waals surface area contributed by atoms with E-state index in [4.69, 9.17) is 5.41 Å². The van der Waals surface area contributed by atoms with Gasteiger partial charge in [0.1, 0.15) is 11.7 Å². The van der Waals surface area contributed by atoms with E-state index in [1.807, 2.05) is 0 Å². The highest BCUT2D eigenvalue weighted by atomic mass is 32.2. The van der Waals surface area contributed by atoms with Crippen molar-refractivity contribution in [2.24, 2.45) is 0 Å². The molecule has 1 aliphatic rings. The molecule has 1 aromatic carbocycles. The van der Waals surface area contributed by atoms with Gasteiger partial charge in [-0.05, 0) is 30.4 Å². The third-order valence-electron chi connectivity index (χ3n) is 3.23. The third kappa shape index (κ3) is 2.32. The van der Waals surface area contributed by atoms with Crippen LogP contribution in [0.5, 0.6) is 0 Å². The van der Waals surface area contributed by atoms with Gasteiger partial charge >= 0.3 is 0 Å². The number of halogens is 1. The van der Waals surface area contributed by atoms with E-state index in [1.54, 1.807) is 17.8 Å². The molecule has 0 spiro atoms. The Hall–Kier alpha value is -1.03. The lowest BCUT2D eigenvalue weighted by molar-refractivity contribution is 0.331. The molecule has 1 aromatic rings. The van der Waals surface area contributed by atoms with Crippen molar-refractivity contribution in [1.29, 1.82) is 5.41 Å². The summed E-state index contributed by atoms with van der Waals surface area (Å²) in [5, 5.41) is 8.15. The minimum atomic E-state index is -0.256. The number of benzene rings is 1. The second-order valence-electron chi connectivity index (χ2n) is 4.30. The highest BCUT2D eigenvalue weighted by Crippen LogP contribution is 2.27. The van der Waals surface area contributed by atoms with E-state index in [2.05, 4.69) is 18.1 Å². The Bertz CT molecular complexity index is 433. The summed E-state index contributed by atoms with van der Waals surface area (Å²) in [6, 6.07) is 5.12. The Labute approximate surface area is 106 Å². The molecular formula is C13H17FN2S. The molecule has 17 heavy (non-hydrogen) atoms. The van der Waals surface area contributed by atoms with Crippen LogP contribution in [0.3, 0.4) is 0 Å². The molecule has 0 saturated heterocycles. The molecule has 1 N–H and O–H groups in total. The van der Waals surface area contributed by atoms with Crippen molar-refractivity contribution in [2.75, 3.05) is 12.0 Å². The Morgan fingerprint density at radius 3 is 2.94 bits per heavy atom. The van der Waals surface area contributed by atoms with Gasteiger partial charge < -0.3 is 4.90 Å². The predicted molar refractivity (Wildman–Crippen MR) is 71.2 cm³/mol. The standard InChI is InChI=1S/C13H17FN2S/c1-3-11(8-17-2)16-7-9-4-5-10(14)6-12(9)13(16)15/h4-6,11,15H,3,7-8H2,1-2H3. The second-order valence-corrected chi connectivity index (χ2v) is 5.21. The first kappa shape index (κ1) is 12.4. The molecule has 1 aliphatic heterocycles. The van der Waals surface area contributed by atoms with E-state index in [9.17, 15) is 4.39 Å². The topological polar surface area (TPSA) is 27.1 Å². The van der Waals surface area contributed by atoms with E-state index >= 15 is 0 Å². The molecule has 1 unspecified atom stereocenters. The first-order chi connectivity index (χ1) is 8.17.